The van der Waals surface area contributed by atoms with Crippen LogP contribution in [0.15, 0.2) is 36.4 Å². The highest BCUT2D eigenvalue weighted by Gasteiger charge is 2.12. The molecule has 3 heteroatoms. The summed E-state index contributed by atoms with van der Waals surface area (Å²) in [6.07, 6.45) is 3.34. The zero-order valence-corrected chi connectivity index (χ0v) is 13.7. The summed E-state index contributed by atoms with van der Waals surface area (Å²) in [4.78, 5) is 2.97. The first-order chi connectivity index (χ1) is 9.71. The summed E-state index contributed by atoms with van der Waals surface area (Å²) >= 11 is 8.02. The van der Waals surface area contributed by atoms with E-state index in [9.17, 15) is 0 Å². The fraction of sp³-hybridized carbons (Fsp3) is 0.412. The van der Waals surface area contributed by atoms with Crippen LogP contribution in [0.2, 0.25) is 5.02 Å². The van der Waals surface area contributed by atoms with Gasteiger partial charge in [-0.2, -0.15) is 0 Å². The molecule has 1 heterocycles. The number of hydrogen-bond acceptors (Lipinski definition) is 2. The second-order valence-electron chi connectivity index (χ2n) is 5.18. The van der Waals surface area contributed by atoms with Gasteiger partial charge in [-0.1, -0.05) is 30.7 Å². The van der Waals surface area contributed by atoms with Crippen molar-refractivity contribution in [2.75, 3.05) is 13.6 Å². The lowest BCUT2D eigenvalue weighted by Crippen LogP contribution is -2.22. The van der Waals surface area contributed by atoms with E-state index in [0.717, 1.165) is 30.8 Å². The molecule has 1 nitrogen and oxygen atoms in total. The Morgan fingerprint density at radius 3 is 2.60 bits per heavy atom. The lowest BCUT2D eigenvalue weighted by atomic mass is 9.95. The predicted octanol–water partition coefficient (Wildman–Crippen LogP) is 4.58. The van der Waals surface area contributed by atoms with Crippen LogP contribution in [0.4, 0.5) is 0 Å². The largest absolute Gasteiger partial charge is 0.319 e. The van der Waals surface area contributed by atoms with Crippen LogP contribution in [0, 0.1) is 5.92 Å². The van der Waals surface area contributed by atoms with Gasteiger partial charge in [0.1, 0.15) is 0 Å². The molecule has 1 N–H and O–H groups in total. The maximum absolute atomic E-state index is 6.07. The fourth-order valence-corrected chi connectivity index (χ4v) is 3.79. The molecule has 1 aromatic carbocycles. The molecule has 0 amide bonds. The smallest absolute Gasteiger partial charge is 0.0408 e. The van der Waals surface area contributed by atoms with Gasteiger partial charge >= 0.3 is 0 Å². The number of nitrogens with one attached hydrogen (secondary N) is 1. The zero-order valence-electron chi connectivity index (χ0n) is 12.2. The Bertz CT molecular complexity index is 535. The van der Waals surface area contributed by atoms with E-state index >= 15 is 0 Å². The Hall–Kier alpha value is -0.830. The molecule has 0 radical (unpaired) electrons. The minimum Gasteiger partial charge on any atom is -0.319 e. The highest BCUT2D eigenvalue weighted by molar-refractivity contribution is 7.11. The lowest BCUT2D eigenvalue weighted by molar-refractivity contribution is 0.496. The lowest BCUT2D eigenvalue weighted by Gasteiger charge is -2.16. The highest BCUT2D eigenvalue weighted by Crippen LogP contribution is 2.23. The average molecular weight is 308 g/mol. The molecule has 0 aliphatic rings. The van der Waals surface area contributed by atoms with E-state index in [1.807, 2.05) is 30.5 Å². The van der Waals surface area contributed by atoms with E-state index in [1.165, 1.54) is 15.3 Å². The van der Waals surface area contributed by atoms with Gasteiger partial charge in [0.15, 0.2) is 0 Å². The number of rotatable bonds is 7. The van der Waals surface area contributed by atoms with E-state index in [0.29, 0.717) is 5.92 Å². The van der Waals surface area contributed by atoms with Crippen molar-refractivity contribution in [2.45, 2.75) is 26.2 Å². The Morgan fingerprint density at radius 1 is 1.15 bits per heavy atom. The number of aryl methyl sites for hydroxylation is 1. The summed E-state index contributed by atoms with van der Waals surface area (Å²) in [6, 6.07) is 12.8. The van der Waals surface area contributed by atoms with Crippen LogP contribution in [0.25, 0.3) is 0 Å². The highest BCUT2D eigenvalue weighted by atomic mass is 35.5. The Morgan fingerprint density at radius 2 is 1.95 bits per heavy atom. The van der Waals surface area contributed by atoms with Crippen LogP contribution in [-0.2, 0) is 19.3 Å². The first kappa shape index (κ1) is 15.6. The molecule has 0 spiro atoms. The van der Waals surface area contributed by atoms with Crippen LogP contribution >= 0.6 is 22.9 Å². The molecule has 1 atom stereocenters. The molecule has 108 valence electrons. The molecule has 0 saturated heterocycles. The first-order valence-corrected chi connectivity index (χ1v) is 8.37. The molecule has 1 aromatic heterocycles. The SMILES string of the molecule is CCc1ccc(CC(CNC)Cc2cccc(Cl)c2)s1. The Kier molecular flexibility index (Phi) is 6.08. The number of halogens is 1. The summed E-state index contributed by atoms with van der Waals surface area (Å²) in [7, 11) is 2.02. The minimum atomic E-state index is 0.613. The molecular formula is C17H22ClNS. The summed E-state index contributed by atoms with van der Waals surface area (Å²) in [5.41, 5.74) is 1.32. The van der Waals surface area contributed by atoms with Crippen LogP contribution in [0.3, 0.4) is 0 Å². The molecule has 2 aromatic rings. The quantitative estimate of drug-likeness (QED) is 0.789. The fourth-order valence-electron chi connectivity index (χ4n) is 2.51. The molecule has 0 aliphatic heterocycles. The van der Waals surface area contributed by atoms with Crippen molar-refractivity contribution in [3.8, 4) is 0 Å². The maximum Gasteiger partial charge on any atom is 0.0408 e. The monoisotopic (exact) mass is 307 g/mol. The van der Waals surface area contributed by atoms with Gasteiger partial charge in [0.25, 0.3) is 0 Å². The van der Waals surface area contributed by atoms with E-state index in [4.69, 9.17) is 11.6 Å². The molecule has 1 unspecified atom stereocenters. The number of thiophene rings is 1. The second-order valence-corrected chi connectivity index (χ2v) is 6.87. The molecule has 2 rings (SSSR count). The van der Waals surface area contributed by atoms with Gasteiger partial charge < -0.3 is 5.32 Å². The zero-order chi connectivity index (χ0) is 14.4. The van der Waals surface area contributed by atoms with Crippen molar-refractivity contribution < 1.29 is 0 Å². The summed E-state index contributed by atoms with van der Waals surface area (Å²) in [5.74, 6) is 0.613. The van der Waals surface area contributed by atoms with Gasteiger partial charge in [0.05, 0.1) is 0 Å². The normalized spacial score (nSPS) is 12.6. The van der Waals surface area contributed by atoms with Crippen LogP contribution in [0.5, 0.6) is 0 Å². The van der Waals surface area contributed by atoms with Gasteiger partial charge in [0.2, 0.25) is 0 Å². The van der Waals surface area contributed by atoms with E-state index in [1.54, 1.807) is 0 Å². The van der Waals surface area contributed by atoms with Crippen LogP contribution in [-0.4, -0.2) is 13.6 Å². The van der Waals surface area contributed by atoms with Gasteiger partial charge in [-0.25, -0.2) is 0 Å². The van der Waals surface area contributed by atoms with E-state index < -0.39 is 0 Å². The molecule has 20 heavy (non-hydrogen) atoms. The van der Waals surface area contributed by atoms with Crippen molar-refractivity contribution in [3.63, 3.8) is 0 Å². The second kappa shape index (κ2) is 7.82. The van der Waals surface area contributed by atoms with Crippen LogP contribution in [0.1, 0.15) is 22.2 Å². The molecular weight excluding hydrogens is 286 g/mol. The van der Waals surface area contributed by atoms with E-state index in [2.05, 4.69) is 36.5 Å². The average Bonchev–Trinajstić information content (AvgIpc) is 2.87. The third-order valence-electron chi connectivity index (χ3n) is 3.46. The molecule has 0 aliphatic carbocycles. The molecule has 0 saturated carbocycles. The van der Waals surface area contributed by atoms with Crippen molar-refractivity contribution in [3.05, 3.63) is 56.7 Å². The number of benzene rings is 1. The van der Waals surface area contributed by atoms with Crippen molar-refractivity contribution >= 4 is 22.9 Å². The summed E-state index contributed by atoms with van der Waals surface area (Å²) < 4.78 is 0. The van der Waals surface area contributed by atoms with Gasteiger partial charge in [-0.15, -0.1) is 11.3 Å². The Labute approximate surface area is 131 Å². The maximum atomic E-state index is 6.07. The van der Waals surface area contributed by atoms with Crippen molar-refractivity contribution in [1.82, 2.24) is 5.32 Å². The minimum absolute atomic E-state index is 0.613. The van der Waals surface area contributed by atoms with Crippen LogP contribution < -0.4 is 5.32 Å². The molecule has 0 fully saturated rings. The topological polar surface area (TPSA) is 12.0 Å². The molecule has 0 bridgehead atoms. The van der Waals surface area contributed by atoms with E-state index in [-0.39, 0.29) is 0 Å². The van der Waals surface area contributed by atoms with Gasteiger partial charge in [0, 0.05) is 14.8 Å². The third-order valence-corrected chi connectivity index (χ3v) is 4.95. The predicted molar refractivity (Wildman–Crippen MR) is 90.0 cm³/mol. The standard InChI is InChI=1S/C17H22ClNS/c1-3-16-7-8-17(20-16)11-14(12-19-2)9-13-5-4-6-15(18)10-13/h4-8,10,14,19H,3,9,11-12H2,1-2H3. The Balaban J connectivity index is 2.02. The first-order valence-electron chi connectivity index (χ1n) is 7.18. The summed E-state index contributed by atoms with van der Waals surface area (Å²) in [5, 5.41) is 4.14. The third kappa shape index (κ3) is 4.62. The summed E-state index contributed by atoms with van der Waals surface area (Å²) in [6.45, 7) is 3.25. The van der Waals surface area contributed by atoms with Crippen molar-refractivity contribution in [2.24, 2.45) is 5.92 Å². The van der Waals surface area contributed by atoms with Crippen molar-refractivity contribution in [1.29, 1.82) is 0 Å². The number of hydrogen-bond donors (Lipinski definition) is 1. The van der Waals surface area contributed by atoms with Gasteiger partial charge in [-0.05, 0) is 68.6 Å². The van der Waals surface area contributed by atoms with Gasteiger partial charge in [-0.3, -0.25) is 0 Å².